The highest BCUT2D eigenvalue weighted by atomic mass is 79.9. The van der Waals surface area contributed by atoms with Gasteiger partial charge in [0.25, 0.3) is 0 Å². The molecule has 0 atom stereocenters. The first-order chi connectivity index (χ1) is 5.81. The molecule has 0 aliphatic rings. The van der Waals surface area contributed by atoms with E-state index in [4.69, 9.17) is 4.42 Å². The summed E-state index contributed by atoms with van der Waals surface area (Å²) in [5, 5.41) is 1.16. The lowest BCUT2D eigenvalue weighted by atomic mass is 10.1. The van der Waals surface area contributed by atoms with E-state index in [1.165, 1.54) is 5.56 Å². The fourth-order valence-electron chi connectivity index (χ4n) is 1.27. The van der Waals surface area contributed by atoms with Crippen LogP contribution in [0.5, 0.6) is 0 Å². The van der Waals surface area contributed by atoms with Gasteiger partial charge in [-0.25, -0.2) is 0 Å². The molecule has 1 heterocycles. The standard InChI is InChI=1S/C10H9BrO/c1-2-7-3-4-10-8(5-7)9(11)6-12-10/h3-6H,2H2,1H3. The lowest BCUT2D eigenvalue weighted by Gasteiger charge is -1.94. The van der Waals surface area contributed by atoms with Crippen LogP contribution in [0.3, 0.4) is 0 Å². The van der Waals surface area contributed by atoms with E-state index in [2.05, 4.69) is 35.0 Å². The SMILES string of the molecule is CCc1ccc2occ(Br)c2c1. The Bertz CT molecular complexity index is 403. The van der Waals surface area contributed by atoms with Gasteiger partial charge in [0.15, 0.2) is 0 Å². The van der Waals surface area contributed by atoms with Crippen molar-refractivity contribution >= 4 is 26.9 Å². The molecule has 0 aliphatic carbocycles. The normalized spacial score (nSPS) is 10.8. The number of aryl methyl sites for hydroxylation is 1. The summed E-state index contributed by atoms with van der Waals surface area (Å²) in [6, 6.07) is 6.26. The molecule has 0 bridgehead atoms. The highest BCUT2D eigenvalue weighted by Crippen LogP contribution is 2.26. The minimum atomic E-state index is 0.944. The minimum Gasteiger partial charge on any atom is -0.463 e. The summed E-state index contributed by atoms with van der Waals surface area (Å²) >= 11 is 3.44. The number of furan rings is 1. The van der Waals surface area contributed by atoms with Gasteiger partial charge in [0.1, 0.15) is 11.8 Å². The number of rotatable bonds is 1. The third-order valence-electron chi connectivity index (χ3n) is 2.00. The monoisotopic (exact) mass is 224 g/mol. The molecule has 1 aromatic heterocycles. The summed E-state index contributed by atoms with van der Waals surface area (Å²) in [5.41, 5.74) is 2.28. The molecule has 0 unspecified atom stereocenters. The lowest BCUT2D eigenvalue weighted by molar-refractivity contribution is 0.614. The summed E-state index contributed by atoms with van der Waals surface area (Å²) in [5.74, 6) is 0. The van der Waals surface area contributed by atoms with Crippen LogP contribution in [0.4, 0.5) is 0 Å². The van der Waals surface area contributed by atoms with E-state index in [-0.39, 0.29) is 0 Å². The Morgan fingerprint density at radius 3 is 3.00 bits per heavy atom. The van der Waals surface area contributed by atoms with Crippen molar-refractivity contribution in [1.29, 1.82) is 0 Å². The highest BCUT2D eigenvalue weighted by Gasteiger charge is 2.02. The molecule has 62 valence electrons. The maximum absolute atomic E-state index is 5.30. The summed E-state index contributed by atoms with van der Waals surface area (Å²) in [6.45, 7) is 2.15. The second-order valence-corrected chi connectivity index (χ2v) is 3.62. The van der Waals surface area contributed by atoms with E-state index in [1.807, 2.05) is 6.07 Å². The molecule has 0 aliphatic heterocycles. The Labute approximate surface area is 79.5 Å². The molecule has 0 amide bonds. The molecule has 0 spiro atoms. The predicted octanol–water partition coefficient (Wildman–Crippen LogP) is 3.76. The van der Waals surface area contributed by atoms with Crippen molar-refractivity contribution in [2.45, 2.75) is 13.3 Å². The molecule has 2 aromatic rings. The van der Waals surface area contributed by atoms with Gasteiger partial charge in [0.2, 0.25) is 0 Å². The molecule has 0 saturated carbocycles. The van der Waals surface area contributed by atoms with Crippen molar-refractivity contribution < 1.29 is 4.42 Å². The summed E-state index contributed by atoms with van der Waals surface area (Å²) < 4.78 is 6.34. The second-order valence-electron chi connectivity index (χ2n) is 2.77. The third kappa shape index (κ3) is 1.16. The Morgan fingerprint density at radius 2 is 2.25 bits per heavy atom. The summed E-state index contributed by atoms with van der Waals surface area (Å²) in [4.78, 5) is 0. The van der Waals surface area contributed by atoms with Crippen molar-refractivity contribution in [2.75, 3.05) is 0 Å². The van der Waals surface area contributed by atoms with Gasteiger partial charge in [-0.1, -0.05) is 13.0 Å². The van der Waals surface area contributed by atoms with Crippen LogP contribution in [0, 0.1) is 0 Å². The van der Waals surface area contributed by atoms with Crippen LogP contribution in [0.25, 0.3) is 11.0 Å². The zero-order valence-corrected chi connectivity index (χ0v) is 8.39. The first kappa shape index (κ1) is 7.87. The molecule has 2 heteroatoms. The van der Waals surface area contributed by atoms with Crippen LogP contribution in [-0.4, -0.2) is 0 Å². The van der Waals surface area contributed by atoms with E-state index in [1.54, 1.807) is 6.26 Å². The van der Waals surface area contributed by atoms with Crippen molar-refractivity contribution in [3.05, 3.63) is 34.5 Å². The van der Waals surface area contributed by atoms with E-state index < -0.39 is 0 Å². The second kappa shape index (κ2) is 2.94. The smallest absolute Gasteiger partial charge is 0.135 e. The fourth-order valence-corrected chi connectivity index (χ4v) is 1.67. The Balaban J connectivity index is 2.71. The maximum Gasteiger partial charge on any atom is 0.135 e. The van der Waals surface area contributed by atoms with E-state index >= 15 is 0 Å². The number of hydrogen-bond acceptors (Lipinski definition) is 1. The van der Waals surface area contributed by atoms with Crippen LogP contribution < -0.4 is 0 Å². The van der Waals surface area contributed by atoms with Gasteiger partial charge >= 0.3 is 0 Å². The van der Waals surface area contributed by atoms with Gasteiger partial charge < -0.3 is 4.42 Å². The predicted molar refractivity (Wildman–Crippen MR) is 53.3 cm³/mol. The Morgan fingerprint density at radius 1 is 1.42 bits per heavy atom. The first-order valence-corrected chi connectivity index (χ1v) is 4.76. The minimum absolute atomic E-state index is 0.944. The summed E-state index contributed by atoms with van der Waals surface area (Å²) in [7, 11) is 0. The van der Waals surface area contributed by atoms with Crippen LogP contribution in [0.1, 0.15) is 12.5 Å². The molecule has 0 radical (unpaired) electrons. The average molecular weight is 225 g/mol. The first-order valence-electron chi connectivity index (χ1n) is 3.97. The van der Waals surface area contributed by atoms with Crippen molar-refractivity contribution in [2.24, 2.45) is 0 Å². The van der Waals surface area contributed by atoms with Gasteiger partial charge in [-0.15, -0.1) is 0 Å². The lowest BCUT2D eigenvalue weighted by Crippen LogP contribution is -1.77. The van der Waals surface area contributed by atoms with Crippen molar-refractivity contribution in [3.8, 4) is 0 Å². The Hall–Kier alpha value is -0.760. The summed E-state index contributed by atoms with van der Waals surface area (Å²) in [6.07, 6.45) is 2.79. The van der Waals surface area contributed by atoms with Crippen molar-refractivity contribution in [3.63, 3.8) is 0 Å². The molecular weight excluding hydrogens is 216 g/mol. The molecule has 2 rings (SSSR count). The number of fused-ring (bicyclic) bond motifs is 1. The largest absolute Gasteiger partial charge is 0.463 e. The molecular formula is C10H9BrO. The zero-order valence-electron chi connectivity index (χ0n) is 6.80. The van der Waals surface area contributed by atoms with Crippen LogP contribution in [0.2, 0.25) is 0 Å². The molecule has 0 saturated heterocycles. The van der Waals surface area contributed by atoms with E-state index in [0.717, 1.165) is 21.9 Å². The molecule has 1 aromatic carbocycles. The fraction of sp³-hybridized carbons (Fsp3) is 0.200. The van der Waals surface area contributed by atoms with E-state index in [0.29, 0.717) is 0 Å². The van der Waals surface area contributed by atoms with Crippen LogP contribution >= 0.6 is 15.9 Å². The average Bonchev–Trinajstić information content (AvgIpc) is 2.47. The van der Waals surface area contributed by atoms with E-state index in [9.17, 15) is 0 Å². The number of hydrogen-bond donors (Lipinski definition) is 0. The maximum atomic E-state index is 5.30. The van der Waals surface area contributed by atoms with Gasteiger partial charge in [0.05, 0.1) is 4.47 Å². The Kier molecular flexibility index (Phi) is 1.93. The molecule has 0 fully saturated rings. The molecule has 0 N–H and O–H groups in total. The topological polar surface area (TPSA) is 13.1 Å². The third-order valence-corrected chi connectivity index (χ3v) is 2.61. The molecule has 1 nitrogen and oxygen atoms in total. The van der Waals surface area contributed by atoms with Gasteiger partial charge in [-0.3, -0.25) is 0 Å². The number of halogens is 1. The van der Waals surface area contributed by atoms with Crippen molar-refractivity contribution in [1.82, 2.24) is 0 Å². The van der Waals surface area contributed by atoms with Gasteiger partial charge in [-0.05, 0) is 40.0 Å². The molecule has 12 heavy (non-hydrogen) atoms. The quantitative estimate of drug-likeness (QED) is 0.720. The highest BCUT2D eigenvalue weighted by molar-refractivity contribution is 9.10. The number of benzene rings is 1. The zero-order chi connectivity index (χ0) is 8.55. The van der Waals surface area contributed by atoms with Gasteiger partial charge in [0, 0.05) is 5.39 Å². The van der Waals surface area contributed by atoms with Crippen LogP contribution in [0.15, 0.2) is 33.4 Å². The van der Waals surface area contributed by atoms with Crippen LogP contribution in [-0.2, 0) is 6.42 Å². The van der Waals surface area contributed by atoms with Gasteiger partial charge in [-0.2, -0.15) is 0 Å².